The molecule has 2 N–H and O–H groups in total. The molecule has 0 heterocycles. The van der Waals surface area contributed by atoms with Crippen molar-refractivity contribution in [1.82, 2.24) is 5.32 Å². The largest absolute Gasteiger partial charge is 0.340 e. The van der Waals surface area contributed by atoms with Crippen LogP contribution in [0.1, 0.15) is 22.0 Å². The molecule has 0 unspecified atom stereocenters. The first-order valence-electron chi connectivity index (χ1n) is 7.39. The molecule has 2 rings (SSSR count). The van der Waals surface area contributed by atoms with Crippen LogP contribution in [0, 0.1) is 0 Å². The lowest BCUT2D eigenvalue weighted by Crippen LogP contribution is -3.06. The first-order chi connectivity index (χ1) is 10.6. The Kier molecular flexibility index (Phi) is 6.04. The number of rotatable bonds is 6. The van der Waals surface area contributed by atoms with Gasteiger partial charge in [0.25, 0.3) is 5.91 Å². The Hall–Kier alpha value is -1.78. The van der Waals surface area contributed by atoms with Gasteiger partial charge in [0.2, 0.25) is 0 Å². The smallest absolute Gasteiger partial charge is 0.251 e. The van der Waals surface area contributed by atoms with Gasteiger partial charge in [0, 0.05) is 10.5 Å². The normalized spacial score (nSPS) is 12.2. The molecule has 0 bridgehead atoms. The van der Waals surface area contributed by atoms with Crippen molar-refractivity contribution in [3.63, 3.8) is 0 Å². The van der Waals surface area contributed by atoms with Crippen LogP contribution in [0.5, 0.6) is 0 Å². The molecule has 0 aliphatic heterocycles. The van der Waals surface area contributed by atoms with Crippen LogP contribution in [-0.2, 0) is 0 Å². The molecule has 0 aliphatic carbocycles. The Morgan fingerprint density at radius 3 is 2.27 bits per heavy atom. The summed E-state index contributed by atoms with van der Waals surface area (Å²) in [5, 5.41) is 3.15. The van der Waals surface area contributed by atoms with Crippen molar-refractivity contribution < 1.29 is 9.69 Å². The quantitative estimate of drug-likeness (QED) is 0.800. The number of carbonyl (C=O) groups is 1. The average Bonchev–Trinajstić information content (AvgIpc) is 2.54. The summed E-state index contributed by atoms with van der Waals surface area (Å²) in [6.45, 7) is 0.846. The molecule has 22 heavy (non-hydrogen) atoms. The van der Waals surface area contributed by atoms with Crippen LogP contribution < -0.4 is 10.2 Å². The second-order valence-corrected chi connectivity index (χ2v) is 6.46. The molecular formula is C18H23N2OS+. The SMILES string of the molecule is CSc1ccc(C(=O)N[C@@H](C[NH+](C)C)c2ccccc2)cc1. The maximum absolute atomic E-state index is 12.5. The van der Waals surface area contributed by atoms with Gasteiger partial charge in [-0.2, -0.15) is 0 Å². The lowest BCUT2D eigenvalue weighted by atomic mass is 10.1. The Morgan fingerprint density at radius 2 is 1.73 bits per heavy atom. The van der Waals surface area contributed by atoms with Gasteiger partial charge in [-0.3, -0.25) is 4.79 Å². The number of carbonyl (C=O) groups excluding carboxylic acids is 1. The van der Waals surface area contributed by atoms with Crippen molar-refractivity contribution in [2.24, 2.45) is 0 Å². The lowest BCUT2D eigenvalue weighted by Gasteiger charge is -2.21. The molecule has 2 aromatic carbocycles. The van der Waals surface area contributed by atoms with Crippen LogP contribution >= 0.6 is 11.8 Å². The number of hydrogen-bond donors (Lipinski definition) is 2. The second-order valence-electron chi connectivity index (χ2n) is 5.58. The number of quaternary nitrogens is 1. The van der Waals surface area contributed by atoms with E-state index < -0.39 is 0 Å². The van der Waals surface area contributed by atoms with E-state index >= 15 is 0 Å². The fourth-order valence-corrected chi connectivity index (χ4v) is 2.74. The van der Waals surface area contributed by atoms with Gasteiger partial charge >= 0.3 is 0 Å². The first kappa shape index (κ1) is 16.6. The Bertz CT molecular complexity index is 596. The van der Waals surface area contributed by atoms with E-state index in [1.807, 2.05) is 48.7 Å². The topological polar surface area (TPSA) is 33.5 Å². The van der Waals surface area contributed by atoms with E-state index in [0.29, 0.717) is 5.56 Å². The zero-order valence-electron chi connectivity index (χ0n) is 13.3. The standard InChI is InChI=1S/C18H22N2OS/c1-20(2)13-17(14-7-5-4-6-8-14)19-18(21)15-9-11-16(22-3)12-10-15/h4-12,17H,13H2,1-3H3,(H,19,21)/p+1/t17-/m0/s1. The molecule has 0 aliphatic rings. The molecule has 2 aromatic rings. The highest BCUT2D eigenvalue weighted by Crippen LogP contribution is 2.16. The monoisotopic (exact) mass is 315 g/mol. The fourth-order valence-electron chi connectivity index (χ4n) is 2.33. The van der Waals surface area contributed by atoms with Gasteiger partial charge < -0.3 is 10.2 Å². The third-order valence-corrected chi connectivity index (χ3v) is 4.22. The Balaban J connectivity index is 2.13. The van der Waals surface area contributed by atoms with Crippen LogP contribution in [0.15, 0.2) is 59.5 Å². The average molecular weight is 315 g/mol. The predicted octanol–water partition coefficient (Wildman–Crippen LogP) is 2.02. The van der Waals surface area contributed by atoms with Gasteiger partial charge in [0.15, 0.2) is 0 Å². The number of likely N-dealkylation sites (N-methyl/N-ethyl adjacent to an activating group) is 1. The zero-order chi connectivity index (χ0) is 15.9. The minimum absolute atomic E-state index is 0.0129. The summed E-state index contributed by atoms with van der Waals surface area (Å²) in [4.78, 5) is 14.9. The molecule has 3 nitrogen and oxygen atoms in total. The highest BCUT2D eigenvalue weighted by Gasteiger charge is 2.18. The van der Waals surface area contributed by atoms with E-state index in [-0.39, 0.29) is 11.9 Å². The molecular weight excluding hydrogens is 292 g/mol. The van der Waals surface area contributed by atoms with E-state index in [4.69, 9.17) is 0 Å². The number of thioether (sulfide) groups is 1. The molecule has 116 valence electrons. The second kappa shape index (κ2) is 8.01. The minimum Gasteiger partial charge on any atom is -0.340 e. The molecule has 0 fully saturated rings. The third-order valence-electron chi connectivity index (χ3n) is 3.47. The number of benzene rings is 2. The third kappa shape index (κ3) is 4.61. The maximum atomic E-state index is 12.5. The van der Waals surface area contributed by atoms with Crippen molar-refractivity contribution in [2.75, 3.05) is 26.9 Å². The van der Waals surface area contributed by atoms with Crippen LogP contribution in [0.4, 0.5) is 0 Å². The van der Waals surface area contributed by atoms with E-state index in [1.165, 1.54) is 4.90 Å². The lowest BCUT2D eigenvalue weighted by molar-refractivity contribution is -0.860. The summed E-state index contributed by atoms with van der Waals surface area (Å²) in [5.74, 6) is -0.0252. The van der Waals surface area contributed by atoms with Crippen molar-refractivity contribution >= 4 is 17.7 Å². The highest BCUT2D eigenvalue weighted by atomic mass is 32.2. The van der Waals surface area contributed by atoms with Gasteiger partial charge in [-0.25, -0.2) is 0 Å². The molecule has 1 amide bonds. The molecule has 0 saturated carbocycles. The summed E-state index contributed by atoms with van der Waals surface area (Å²) in [6.07, 6.45) is 2.03. The van der Waals surface area contributed by atoms with Crippen molar-refractivity contribution in [3.05, 3.63) is 65.7 Å². The summed E-state index contributed by atoms with van der Waals surface area (Å²) < 4.78 is 0. The predicted molar refractivity (Wildman–Crippen MR) is 92.5 cm³/mol. The number of hydrogen-bond acceptors (Lipinski definition) is 2. The minimum atomic E-state index is -0.0252. The summed E-state index contributed by atoms with van der Waals surface area (Å²) >= 11 is 1.67. The van der Waals surface area contributed by atoms with Crippen molar-refractivity contribution in [2.45, 2.75) is 10.9 Å². The van der Waals surface area contributed by atoms with Crippen LogP contribution in [0.2, 0.25) is 0 Å². The fraction of sp³-hybridized carbons (Fsp3) is 0.278. The summed E-state index contributed by atoms with van der Waals surface area (Å²) in [7, 11) is 4.19. The van der Waals surface area contributed by atoms with E-state index in [0.717, 1.165) is 17.0 Å². The van der Waals surface area contributed by atoms with Gasteiger partial charge in [0.1, 0.15) is 12.6 Å². The molecule has 0 aromatic heterocycles. The van der Waals surface area contributed by atoms with Crippen molar-refractivity contribution in [1.29, 1.82) is 0 Å². The van der Waals surface area contributed by atoms with Gasteiger partial charge in [-0.05, 0) is 36.1 Å². The van der Waals surface area contributed by atoms with Crippen molar-refractivity contribution in [3.8, 4) is 0 Å². The Morgan fingerprint density at radius 1 is 1.09 bits per heavy atom. The number of amides is 1. The van der Waals surface area contributed by atoms with Crippen LogP contribution in [0.25, 0.3) is 0 Å². The van der Waals surface area contributed by atoms with E-state index in [9.17, 15) is 4.79 Å². The molecule has 0 saturated heterocycles. The zero-order valence-corrected chi connectivity index (χ0v) is 14.1. The molecule has 1 atom stereocenters. The maximum Gasteiger partial charge on any atom is 0.251 e. The van der Waals surface area contributed by atoms with Crippen LogP contribution in [-0.4, -0.2) is 32.8 Å². The highest BCUT2D eigenvalue weighted by molar-refractivity contribution is 7.98. The van der Waals surface area contributed by atoms with E-state index in [1.54, 1.807) is 11.8 Å². The van der Waals surface area contributed by atoms with Gasteiger partial charge in [-0.15, -0.1) is 11.8 Å². The Labute approximate surface area is 136 Å². The molecule has 0 spiro atoms. The van der Waals surface area contributed by atoms with Gasteiger partial charge in [-0.1, -0.05) is 30.3 Å². The van der Waals surface area contributed by atoms with Crippen LogP contribution in [0.3, 0.4) is 0 Å². The van der Waals surface area contributed by atoms with E-state index in [2.05, 4.69) is 31.5 Å². The van der Waals surface area contributed by atoms with Gasteiger partial charge in [0.05, 0.1) is 14.1 Å². The molecule has 0 radical (unpaired) electrons. The summed E-state index contributed by atoms with van der Waals surface area (Å²) in [6, 6.07) is 17.9. The molecule has 4 heteroatoms. The number of nitrogens with one attached hydrogen (secondary N) is 2. The first-order valence-corrected chi connectivity index (χ1v) is 8.61. The summed E-state index contributed by atoms with van der Waals surface area (Å²) in [5.41, 5.74) is 1.84.